The fourth-order valence-corrected chi connectivity index (χ4v) is 2.82. The van der Waals surface area contributed by atoms with Gasteiger partial charge < -0.3 is 10.0 Å². The number of nitrogens with zero attached hydrogens (tertiary/aromatic N) is 2. The average Bonchev–Trinajstić information content (AvgIpc) is 2.53. The van der Waals surface area contributed by atoms with Gasteiger partial charge >= 0.3 is 6.18 Å². The molecular weight excluding hydrogens is 309 g/mol. The summed E-state index contributed by atoms with van der Waals surface area (Å²) in [4.78, 5) is 18.0. The maximum absolute atomic E-state index is 12.8. The molecule has 1 aromatic carbocycles. The molecule has 4 nitrogen and oxygen atoms in total. The van der Waals surface area contributed by atoms with Crippen LogP contribution < -0.4 is 0 Å². The summed E-state index contributed by atoms with van der Waals surface area (Å²) in [7, 11) is 0. The number of aliphatic hydroxyl groups is 1. The van der Waals surface area contributed by atoms with E-state index in [0.29, 0.717) is 10.9 Å². The van der Waals surface area contributed by atoms with Gasteiger partial charge in [0.05, 0.1) is 5.56 Å². The first-order valence-corrected chi connectivity index (χ1v) is 7.23. The number of hydrogen-bond acceptors (Lipinski definition) is 3. The van der Waals surface area contributed by atoms with E-state index < -0.39 is 24.6 Å². The van der Waals surface area contributed by atoms with Crippen molar-refractivity contribution in [3.05, 3.63) is 42.2 Å². The summed E-state index contributed by atoms with van der Waals surface area (Å²) in [5.41, 5.74) is -2.35. The summed E-state index contributed by atoms with van der Waals surface area (Å²) in [5.74, 6) is -0.362. The molecule has 0 bridgehead atoms. The molecule has 0 spiro atoms. The van der Waals surface area contributed by atoms with Gasteiger partial charge in [0.25, 0.3) is 5.91 Å². The van der Waals surface area contributed by atoms with Gasteiger partial charge in [0.1, 0.15) is 0 Å². The van der Waals surface area contributed by atoms with E-state index in [1.54, 1.807) is 18.3 Å². The highest BCUT2D eigenvalue weighted by Gasteiger charge is 2.54. The Morgan fingerprint density at radius 2 is 1.83 bits per heavy atom. The summed E-state index contributed by atoms with van der Waals surface area (Å²) in [6, 6.07) is 7.21. The van der Waals surface area contributed by atoms with E-state index in [1.165, 1.54) is 11.1 Å². The van der Waals surface area contributed by atoms with E-state index in [-0.39, 0.29) is 19.0 Å². The zero-order valence-electron chi connectivity index (χ0n) is 12.2. The van der Waals surface area contributed by atoms with Gasteiger partial charge in [-0.15, -0.1) is 0 Å². The predicted octanol–water partition coefficient (Wildman–Crippen LogP) is 2.76. The van der Waals surface area contributed by atoms with Gasteiger partial charge in [-0.25, -0.2) is 0 Å². The van der Waals surface area contributed by atoms with Gasteiger partial charge in [0.15, 0.2) is 5.60 Å². The van der Waals surface area contributed by atoms with Crippen molar-refractivity contribution in [1.29, 1.82) is 0 Å². The van der Waals surface area contributed by atoms with Crippen LogP contribution in [0.15, 0.2) is 36.7 Å². The number of aromatic nitrogens is 1. The molecule has 1 fully saturated rings. The Hall–Kier alpha value is -2.15. The number of piperidine rings is 1. The highest BCUT2D eigenvalue weighted by Crippen LogP contribution is 2.38. The number of carbonyl (C=O) groups excluding carboxylic acids is 1. The zero-order valence-corrected chi connectivity index (χ0v) is 12.2. The smallest absolute Gasteiger partial charge is 0.380 e. The Labute approximate surface area is 130 Å². The molecule has 1 saturated heterocycles. The highest BCUT2D eigenvalue weighted by atomic mass is 19.4. The molecule has 0 aliphatic carbocycles. The molecule has 3 rings (SSSR count). The molecule has 1 N–H and O–H groups in total. The molecule has 1 aliphatic rings. The van der Waals surface area contributed by atoms with Crippen molar-refractivity contribution >= 4 is 16.7 Å². The Bertz CT molecular complexity index is 732. The monoisotopic (exact) mass is 324 g/mol. The summed E-state index contributed by atoms with van der Waals surface area (Å²) in [6.07, 6.45) is -2.65. The lowest BCUT2D eigenvalue weighted by Gasteiger charge is -2.39. The molecular formula is C16H15F3N2O2. The number of carbonyl (C=O) groups is 1. The van der Waals surface area contributed by atoms with Crippen LogP contribution in [0.25, 0.3) is 10.8 Å². The molecule has 2 heterocycles. The average molecular weight is 324 g/mol. The van der Waals surface area contributed by atoms with Crippen LogP contribution in [0.3, 0.4) is 0 Å². The molecule has 0 radical (unpaired) electrons. The Kier molecular flexibility index (Phi) is 3.75. The van der Waals surface area contributed by atoms with Crippen molar-refractivity contribution in [2.45, 2.75) is 24.6 Å². The molecule has 122 valence electrons. The lowest BCUT2D eigenvalue weighted by molar-refractivity contribution is -0.271. The zero-order chi connectivity index (χ0) is 16.7. The SMILES string of the molecule is O=C(c1cncc2ccccc12)N1CCC(O)(C(F)(F)F)CC1. The Morgan fingerprint density at radius 3 is 2.48 bits per heavy atom. The summed E-state index contributed by atoms with van der Waals surface area (Å²) in [6.45, 7) is -0.282. The summed E-state index contributed by atoms with van der Waals surface area (Å²) in [5, 5.41) is 11.2. The van der Waals surface area contributed by atoms with Gasteiger partial charge in [0.2, 0.25) is 0 Å². The molecule has 2 aromatic rings. The maximum atomic E-state index is 12.8. The van der Waals surface area contributed by atoms with Crippen LogP contribution in [0.2, 0.25) is 0 Å². The number of pyridine rings is 1. The number of rotatable bonds is 1. The molecule has 23 heavy (non-hydrogen) atoms. The lowest BCUT2D eigenvalue weighted by atomic mass is 9.90. The summed E-state index contributed by atoms with van der Waals surface area (Å²) >= 11 is 0. The largest absolute Gasteiger partial charge is 0.417 e. The lowest BCUT2D eigenvalue weighted by Crippen LogP contribution is -2.54. The number of amides is 1. The molecule has 0 atom stereocenters. The third kappa shape index (κ3) is 2.76. The van der Waals surface area contributed by atoms with Crippen LogP contribution in [0.5, 0.6) is 0 Å². The van der Waals surface area contributed by atoms with Crippen LogP contribution in [0, 0.1) is 0 Å². The minimum absolute atomic E-state index is 0.141. The van der Waals surface area contributed by atoms with Gasteiger partial charge in [-0.05, 0) is 5.39 Å². The topological polar surface area (TPSA) is 53.4 Å². The molecule has 0 saturated carbocycles. The van der Waals surface area contributed by atoms with Crippen molar-refractivity contribution in [1.82, 2.24) is 9.88 Å². The second-order valence-electron chi connectivity index (χ2n) is 5.73. The van der Waals surface area contributed by atoms with Crippen LogP contribution in [0.1, 0.15) is 23.2 Å². The van der Waals surface area contributed by atoms with E-state index in [9.17, 15) is 23.1 Å². The van der Waals surface area contributed by atoms with Crippen molar-refractivity contribution in [2.24, 2.45) is 0 Å². The van der Waals surface area contributed by atoms with Crippen LogP contribution in [0.4, 0.5) is 13.2 Å². The van der Waals surface area contributed by atoms with Gasteiger partial charge in [-0.1, -0.05) is 24.3 Å². The highest BCUT2D eigenvalue weighted by molar-refractivity contribution is 6.06. The Balaban J connectivity index is 1.82. The number of fused-ring (bicyclic) bond motifs is 1. The van der Waals surface area contributed by atoms with E-state index >= 15 is 0 Å². The van der Waals surface area contributed by atoms with Crippen molar-refractivity contribution in [3.63, 3.8) is 0 Å². The second kappa shape index (κ2) is 5.49. The molecule has 1 aliphatic heterocycles. The molecule has 1 amide bonds. The number of benzene rings is 1. The third-order valence-corrected chi connectivity index (χ3v) is 4.30. The normalized spacial score (nSPS) is 18.2. The number of likely N-dealkylation sites (tertiary alicyclic amines) is 1. The Morgan fingerprint density at radius 1 is 1.17 bits per heavy atom. The number of alkyl halides is 3. The quantitative estimate of drug-likeness (QED) is 0.877. The molecule has 7 heteroatoms. The first-order valence-electron chi connectivity index (χ1n) is 7.23. The predicted molar refractivity (Wildman–Crippen MR) is 77.9 cm³/mol. The number of halogens is 3. The third-order valence-electron chi connectivity index (χ3n) is 4.30. The van der Waals surface area contributed by atoms with E-state index in [2.05, 4.69) is 4.98 Å². The van der Waals surface area contributed by atoms with Crippen molar-refractivity contribution in [2.75, 3.05) is 13.1 Å². The fourth-order valence-electron chi connectivity index (χ4n) is 2.82. The van der Waals surface area contributed by atoms with E-state index in [4.69, 9.17) is 0 Å². The summed E-state index contributed by atoms with van der Waals surface area (Å²) < 4.78 is 38.5. The van der Waals surface area contributed by atoms with Gasteiger partial charge in [-0.2, -0.15) is 13.2 Å². The minimum atomic E-state index is -4.68. The van der Waals surface area contributed by atoms with Crippen LogP contribution in [-0.2, 0) is 0 Å². The van der Waals surface area contributed by atoms with Crippen molar-refractivity contribution in [3.8, 4) is 0 Å². The standard InChI is InChI=1S/C16H15F3N2O2/c17-16(18,19)15(23)5-7-21(8-6-15)14(22)13-10-20-9-11-3-1-2-4-12(11)13/h1-4,9-10,23H,5-8H2. The van der Waals surface area contributed by atoms with E-state index in [0.717, 1.165) is 5.39 Å². The maximum Gasteiger partial charge on any atom is 0.417 e. The first kappa shape index (κ1) is 15.7. The molecule has 0 unspecified atom stereocenters. The van der Waals surface area contributed by atoms with Crippen LogP contribution in [-0.4, -0.2) is 45.8 Å². The number of hydrogen-bond donors (Lipinski definition) is 1. The van der Waals surface area contributed by atoms with Crippen LogP contribution >= 0.6 is 0 Å². The van der Waals surface area contributed by atoms with Gasteiger partial charge in [-0.3, -0.25) is 9.78 Å². The minimum Gasteiger partial charge on any atom is -0.380 e. The molecule has 1 aromatic heterocycles. The van der Waals surface area contributed by atoms with Crippen molar-refractivity contribution < 1.29 is 23.1 Å². The van der Waals surface area contributed by atoms with E-state index in [1.807, 2.05) is 12.1 Å². The second-order valence-corrected chi connectivity index (χ2v) is 5.73. The van der Waals surface area contributed by atoms with Gasteiger partial charge in [0, 0.05) is 43.7 Å². The fraction of sp³-hybridized carbons (Fsp3) is 0.375. The first-order chi connectivity index (χ1) is 10.8.